The van der Waals surface area contributed by atoms with E-state index in [1.54, 1.807) is 27.7 Å². The molecule has 0 spiro atoms. The molecule has 1 aliphatic rings. The van der Waals surface area contributed by atoms with Crippen molar-refractivity contribution in [1.29, 1.82) is 0 Å². The van der Waals surface area contributed by atoms with Crippen molar-refractivity contribution in [2.45, 2.75) is 45.9 Å². The summed E-state index contributed by atoms with van der Waals surface area (Å²) in [5.41, 5.74) is 0. The summed E-state index contributed by atoms with van der Waals surface area (Å²) < 4.78 is 32.8. The Hall–Kier alpha value is -0.700. The van der Waals surface area contributed by atoms with Gasteiger partial charge in [-0.05, 0) is 27.7 Å². The first-order valence-electron chi connectivity index (χ1n) is 6.28. The van der Waals surface area contributed by atoms with E-state index in [2.05, 4.69) is 0 Å². The van der Waals surface area contributed by atoms with E-state index >= 15 is 0 Å². The third kappa shape index (κ3) is 4.13. The Kier molecular flexibility index (Phi) is 5.31. The topological polar surface area (TPSA) is 87.2 Å². The lowest BCUT2D eigenvalue weighted by molar-refractivity contribution is -0.137. The van der Waals surface area contributed by atoms with Gasteiger partial charge in [0.15, 0.2) is 0 Å². The number of morpholine rings is 1. The van der Waals surface area contributed by atoms with Crippen molar-refractivity contribution in [2.75, 3.05) is 19.6 Å². The molecule has 0 bridgehead atoms. The Morgan fingerprint density at radius 3 is 2.21 bits per heavy atom. The van der Waals surface area contributed by atoms with Crippen LogP contribution in [0.4, 0.5) is 0 Å². The Morgan fingerprint density at radius 2 is 1.84 bits per heavy atom. The Morgan fingerprint density at radius 1 is 1.37 bits per heavy atom. The largest absolute Gasteiger partial charge is 0.480 e. The molecule has 1 rings (SSSR count). The highest BCUT2D eigenvalue weighted by molar-refractivity contribution is 7.86. The zero-order valence-corrected chi connectivity index (χ0v) is 12.6. The predicted octanol–water partition coefficient (Wildman–Crippen LogP) is 0.135. The standard InChI is InChI=1S/C11H22N2O5S/c1-8(2)13(7-11(14)15)19(16,17)12-5-9(3)18-10(4)6-12/h8-10H,5-7H2,1-4H3,(H,14,15). The third-order valence-electron chi connectivity index (χ3n) is 2.88. The normalized spacial score (nSPS) is 26.0. The van der Waals surface area contributed by atoms with E-state index in [-0.39, 0.29) is 25.3 Å². The molecule has 1 fully saturated rings. The van der Waals surface area contributed by atoms with Crippen LogP contribution in [0.25, 0.3) is 0 Å². The van der Waals surface area contributed by atoms with E-state index in [1.807, 2.05) is 0 Å². The fourth-order valence-electron chi connectivity index (χ4n) is 2.13. The summed E-state index contributed by atoms with van der Waals surface area (Å²) in [5.74, 6) is -1.16. The van der Waals surface area contributed by atoms with Crippen molar-refractivity contribution in [2.24, 2.45) is 0 Å². The van der Waals surface area contributed by atoms with Gasteiger partial charge < -0.3 is 9.84 Å². The smallest absolute Gasteiger partial charge is 0.318 e. The number of nitrogens with zero attached hydrogens (tertiary/aromatic N) is 2. The second kappa shape index (κ2) is 6.17. The maximum Gasteiger partial charge on any atom is 0.318 e. The lowest BCUT2D eigenvalue weighted by atomic mass is 10.3. The second-order valence-electron chi connectivity index (χ2n) is 5.11. The maximum absolute atomic E-state index is 12.5. The second-order valence-corrected chi connectivity index (χ2v) is 7.00. The molecule has 1 N–H and O–H groups in total. The molecule has 2 atom stereocenters. The van der Waals surface area contributed by atoms with E-state index in [9.17, 15) is 13.2 Å². The molecule has 1 saturated heterocycles. The number of hydrogen-bond acceptors (Lipinski definition) is 4. The predicted molar refractivity (Wildman–Crippen MR) is 70.0 cm³/mol. The summed E-state index contributed by atoms with van der Waals surface area (Å²) in [6, 6.07) is -0.408. The Labute approximate surface area is 114 Å². The molecule has 8 heteroatoms. The Bertz CT molecular complexity index is 413. The number of aliphatic carboxylic acids is 1. The summed E-state index contributed by atoms with van der Waals surface area (Å²) in [4.78, 5) is 10.8. The average molecular weight is 294 g/mol. The highest BCUT2D eigenvalue weighted by atomic mass is 32.2. The van der Waals surface area contributed by atoms with Gasteiger partial charge in [0.05, 0.1) is 12.2 Å². The van der Waals surface area contributed by atoms with Gasteiger partial charge in [-0.15, -0.1) is 0 Å². The van der Waals surface area contributed by atoms with E-state index in [0.29, 0.717) is 0 Å². The van der Waals surface area contributed by atoms with Gasteiger partial charge in [-0.3, -0.25) is 4.79 Å². The highest BCUT2D eigenvalue weighted by Gasteiger charge is 2.37. The number of carbonyl (C=O) groups is 1. The van der Waals surface area contributed by atoms with Gasteiger partial charge in [0.2, 0.25) is 0 Å². The van der Waals surface area contributed by atoms with E-state index in [4.69, 9.17) is 9.84 Å². The Balaban J connectivity index is 2.96. The first-order valence-corrected chi connectivity index (χ1v) is 7.68. The van der Waals surface area contributed by atoms with Crippen molar-refractivity contribution in [3.8, 4) is 0 Å². The van der Waals surface area contributed by atoms with Gasteiger partial charge in [0.25, 0.3) is 10.2 Å². The summed E-state index contributed by atoms with van der Waals surface area (Å²) in [6.45, 7) is 6.89. The molecule has 0 aliphatic carbocycles. The molecule has 0 saturated carbocycles. The van der Waals surface area contributed by atoms with Crippen LogP contribution in [0.15, 0.2) is 0 Å². The first-order chi connectivity index (χ1) is 8.64. The molecule has 19 heavy (non-hydrogen) atoms. The van der Waals surface area contributed by atoms with E-state index in [1.165, 1.54) is 4.31 Å². The first kappa shape index (κ1) is 16.4. The lowest BCUT2D eigenvalue weighted by Gasteiger charge is -2.38. The number of carboxylic acids is 1. The van der Waals surface area contributed by atoms with Crippen LogP contribution in [0.1, 0.15) is 27.7 Å². The van der Waals surface area contributed by atoms with Crippen molar-refractivity contribution >= 4 is 16.2 Å². The van der Waals surface area contributed by atoms with Crippen LogP contribution in [0.3, 0.4) is 0 Å². The van der Waals surface area contributed by atoms with E-state index < -0.39 is 28.8 Å². The van der Waals surface area contributed by atoms with Crippen molar-refractivity contribution < 1.29 is 23.1 Å². The molecule has 0 aromatic carbocycles. The summed E-state index contributed by atoms with van der Waals surface area (Å²) >= 11 is 0. The molecule has 1 aliphatic heterocycles. The molecule has 0 amide bonds. The summed E-state index contributed by atoms with van der Waals surface area (Å²) in [5, 5.41) is 8.85. The molecule has 0 aromatic rings. The number of carboxylic acid groups (broad SMARTS) is 1. The third-order valence-corrected chi connectivity index (χ3v) is 4.97. The number of ether oxygens (including phenoxy) is 1. The van der Waals surface area contributed by atoms with Crippen LogP contribution in [0, 0.1) is 0 Å². The maximum atomic E-state index is 12.5. The number of hydrogen-bond donors (Lipinski definition) is 1. The molecule has 112 valence electrons. The van der Waals surface area contributed by atoms with Crippen LogP contribution in [-0.2, 0) is 19.7 Å². The van der Waals surface area contributed by atoms with Crippen LogP contribution in [0.2, 0.25) is 0 Å². The quantitative estimate of drug-likeness (QED) is 0.779. The highest BCUT2D eigenvalue weighted by Crippen LogP contribution is 2.19. The minimum atomic E-state index is -3.78. The van der Waals surface area contributed by atoms with Gasteiger partial charge in [0, 0.05) is 19.1 Å². The van der Waals surface area contributed by atoms with Crippen molar-refractivity contribution in [1.82, 2.24) is 8.61 Å². The van der Waals surface area contributed by atoms with Gasteiger partial charge in [-0.25, -0.2) is 0 Å². The molecule has 2 unspecified atom stereocenters. The molecule has 1 heterocycles. The van der Waals surface area contributed by atoms with Crippen LogP contribution in [-0.4, -0.2) is 66.0 Å². The van der Waals surface area contributed by atoms with Gasteiger partial charge >= 0.3 is 5.97 Å². The van der Waals surface area contributed by atoms with Gasteiger partial charge in [0.1, 0.15) is 6.54 Å². The molecule has 0 aromatic heterocycles. The van der Waals surface area contributed by atoms with E-state index in [0.717, 1.165) is 4.31 Å². The lowest BCUT2D eigenvalue weighted by Crippen LogP contribution is -2.55. The molecule has 7 nitrogen and oxygen atoms in total. The molecular weight excluding hydrogens is 272 g/mol. The van der Waals surface area contributed by atoms with Crippen molar-refractivity contribution in [3.63, 3.8) is 0 Å². The zero-order chi connectivity index (χ0) is 14.8. The summed E-state index contributed by atoms with van der Waals surface area (Å²) in [7, 11) is -3.78. The fourth-order valence-corrected chi connectivity index (χ4v) is 4.03. The molecule has 0 radical (unpaired) electrons. The van der Waals surface area contributed by atoms with Crippen LogP contribution < -0.4 is 0 Å². The summed E-state index contributed by atoms with van der Waals surface area (Å²) in [6.07, 6.45) is -0.394. The monoisotopic (exact) mass is 294 g/mol. The minimum absolute atomic E-state index is 0.197. The van der Waals surface area contributed by atoms with Gasteiger partial charge in [-0.2, -0.15) is 17.0 Å². The van der Waals surface area contributed by atoms with Crippen LogP contribution in [0.5, 0.6) is 0 Å². The minimum Gasteiger partial charge on any atom is -0.480 e. The van der Waals surface area contributed by atoms with Gasteiger partial charge in [-0.1, -0.05) is 0 Å². The van der Waals surface area contributed by atoms with Crippen molar-refractivity contribution in [3.05, 3.63) is 0 Å². The SMILES string of the molecule is CC1CN(S(=O)(=O)N(CC(=O)O)C(C)C)CC(C)O1. The molecular formula is C11H22N2O5S. The fraction of sp³-hybridized carbons (Fsp3) is 0.909. The number of rotatable bonds is 5. The zero-order valence-electron chi connectivity index (χ0n) is 11.7. The van der Waals surface area contributed by atoms with Crippen LogP contribution >= 0.6 is 0 Å². The average Bonchev–Trinajstić information content (AvgIpc) is 2.23.